The first kappa shape index (κ1) is 11.6. The van der Waals surface area contributed by atoms with Crippen LogP contribution in [0.1, 0.15) is 40.0 Å². The Morgan fingerprint density at radius 1 is 1.42 bits per heavy atom. The summed E-state index contributed by atoms with van der Waals surface area (Å²) in [7, 11) is 0. The van der Waals surface area contributed by atoms with Gasteiger partial charge in [0.15, 0.2) is 0 Å². The van der Waals surface area contributed by atoms with Gasteiger partial charge in [-0.3, -0.25) is 0 Å². The second-order valence-electron chi connectivity index (χ2n) is 3.69. The summed E-state index contributed by atoms with van der Waals surface area (Å²) in [5.41, 5.74) is 0. The first-order valence-corrected chi connectivity index (χ1v) is 4.75. The molecule has 72 valence electrons. The smallest absolute Gasteiger partial charge is 0.125 e. The Morgan fingerprint density at radius 3 is 2.42 bits per heavy atom. The summed E-state index contributed by atoms with van der Waals surface area (Å²) in [6.07, 6.45) is 3.38. The molecule has 0 saturated heterocycles. The van der Waals surface area contributed by atoms with E-state index in [4.69, 9.17) is 0 Å². The van der Waals surface area contributed by atoms with E-state index in [-0.39, 0.29) is 5.92 Å². The number of aldehydes is 1. The molecule has 3 atom stereocenters. The van der Waals surface area contributed by atoms with E-state index in [2.05, 4.69) is 13.8 Å². The van der Waals surface area contributed by atoms with E-state index in [1.54, 1.807) is 6.92 Å². The van der Waals surface area contributed by atoms with Gasteiger partial charge in [0.25, 0.3) is 0 Å². The van der Waals surface area contributed by atoms with Crippen molar-refractivity contribution in [2.24, 2.45) is 11.8 Å². The fraction of sp³-hybridized carbons (Fsp3) is 0.900. The molecule has 0 aromatic rings. The maximum Gasteiger partial charge on any atom is 0.125 e. The highest BCUT2D eigenvalue weighted by molar-refractivity contribution is 5.53. The van der Waals surface area contributed by atoms with Gasteiger partial charge in [-0.05, 0) is 12.3 Å². The van der Waals surface area contributed by atoms with E-state index in [9.17, 15) is 9.90 Å². The molecule has 12 heavy (non-hydrogen) atoms. The van der Waals surface area contributed by atoms with Crippen molar-refractivity contribution in [2.45, 2.75) is 46.1 Å². The van der Waals surface area contributed by atoms with Crippen LogP contribution in [-0.2, 0) is 4.79 Å². The molecule has 0 aliphatic heterocycles. The van der Waals surface area contributed by atoms with Gasteiger partial charge >= 0.3 is 0 Å². The zero-order valence-corrected chi connectivity index (χ0v) is 8.29. The third-order valence-corrected chi connectivity index (χ3v) is 2.25. The third-order valence-electron chi connectivity index (χ3n) is 2.25. The van der Waals surface area contributed by atoms with Crippen LogP contribution in [0, 0.1) is 11.8 Å². The maximum absolute atomic E-state index is 10.3. The van der Waals surface area contributed by atoms with Crippen LogP contribution in [0.5, 0.6) is 0 Å². The van der Waals surface area contributed by atoms with Gasteiger partial charge in [0.05, 0.1) is 6.10 Å². The van der Waals surface area contributed by atoms with Crippen molar-refractivity contribution in [3.63, 3.8) is 0 Å². The summed E-state index contributed by atoms with van der Waals surface area (Å²) in [4.78, 5) is 10.3. The second kappa shape index (κ2) is 6.18. The van der Waals surface area contributed by atoms with Gasteiger partial charge in [-0.15, -0.1) is 0 Å². The fourth-order valence-electron chi connectivity index (χ4n) is 1.33. The molecule has 0 bridgehead atoms. The first-order valence-electron chi connectivity index (χ1n) is 4.75. The molecule has 0 aromatic heterocycles. The van der Waals surface area contributed by atoms with E-state index in [0.29, 0.717) is 5.92 Å². The second-order valence-corrected chi connectivity index (χ2v) is 3.69. The van der Waals surface area contributed by atoms with E-state index in [1.807, 2.05) is 0 Å². The minimum absolute atomic E-state index is 0.218. The quantitative estimate of drug-likeness (QED) is 0.622. The first-order chi connectivity index (χ1) is 5.61. The number of hydrogen-bond donors (Lipinski definition) is 1. The molecule has 0 rings (SSSR count). The summed E-state index contributed by atoms with van der Waals surface area (Å²) < 4.78 is 0. The van der Waals surface area contributed by atoms with Gasteiger partial charge in [0.1, 0.15) is 6.29 Å². The van der Waals surface area contributed by atoms with Gasteiger partial charge in [-0.2, -0.15) is 0 Å². The van der Waals surface area contributed by atoms with Gasteiger partial charge in [0, 0.05) is 5.92 Å². The Bertz CT molecular complexity index is 123. The molecule has 0 amide bonds. The molecule has 2 nitrogen and oxygen atoms in total. The molecular weight excluding hydrogens is 152 g/mol. The molecule has 0 aliphatic rings. The Balaban J connectivity index is 3.66. The molecular formula is C10H20O2. The number of rotatable bonds is 6. The highest BCUT2D eigenvalue weighted by atomic mass is 16.3. The van der Waals surface area contributed by atoms with Crippen molar-refractivity contribution in [2.75, 3.05) is 0 Å². The van der Waals surface area contributed by atoms with Crippen molar-refractivity contribution in [1.82, 2.24) is 0 Å². The molecule has 2 heteroatoms. The lowest BCUT2D eigenvalue weighted by Crippen LogP contribution is -2.21. The summed E-state index contributed by atoms with van der Waals surface area (Å²) in [5, 5.41) is 9.48. The zero-order valence-electron chi connectivity index (χ0n) is 8.29. The van der Waals surface area contributed by atoms with Crippen molar-refractivity contribution < 1.29 is 9.90 Å². The molecule has 0 fully saturated rings. The molecule has 3 unspecified atom stereocenters. The molecule has 0 aliphatic carbocycles. The minimum Gasteiger partial charge on any atom is -0.392 e. The summed E-state index contributed by atoms with van der Waals surface area (Å²) >= 11 is 0. The number of carbonyl (C=O) groups excluding carboxylic acids is 1. The molecule has 0 aromatic carbocycles. The number of aliphatic hydroxyl groups is 1. The lowest BCUT2D eigenvalue weighted by atomic mass is 9.93. The Kier molecular flexibility index (Phi) is 5.99. The number of aliphatic hydroxyl groups excluding tert-OH is 1. The molecule has 0 saturated carbocycles. The Morgan fingerprint density at radius 2 is 2.00 bits per heavy atom. The van der Waals surface area contributed by atoms with Crippen LogP contribution < -0.4 is 0 Å². The minimum atomic E-state index is -0.455. The van der Waals surface area contributed by atoms with Crippen LogP contribution in [0.3, 0.4) is 0 Å². The van der Waals surface area contributed by atoms with E-state index < -0.39 is 6.10 Å². The average Bonchev–Trinajstić information content (AvgIpc) is 2.03. The topological polar surface area (TPSA) is 37.3 Å². The van der Waals surface area contributed by atoms with Crippen LogP contribution >= 0.6 is 0 Å². The van der Waals surface area contributed by atoms with E-state index in [0.717, 1.165) is 25.5 Å². The van der Waals surface area contributed by atoms with Crippen LogP contribution in [0.2, 0.25) is 0 Å². The van der Waals surface area contributed by atoms with Crippen LogP contribution in [0.4, 0.5) is 0 Å². The van der Waals surface area contributed by atoms with Crippen LogP contribution in [-0.4, -0.2) is 17.5 Å². The van der Waals surface area contributed by atoms with Gasteiger partial charge < -0.3 is 9.90 Å². The number of carbonyl (C=O) groups is 1. The highest BCUT2D eigenvalue weighted by Gasteiger charge is 2.15. The van der Waals surface area contributed by atoms with E-state index >= 15 is 0 Å². The third kappa shape index (κ3) is 4.50. The van der Waals surface area contributed by atoms with Crippen LogP contribution in [0.15, 0.2) is 0 Å². The van der Waals surface area contributed by atoms with Gasteiger partial charge in [-0.1, -0.05) is 33.6 Å². The summed E-state index contributed by atoms with van der Waals surface area (Å²) in [5.74, 6) is 0.303. The van der Waals surface area contributed by atoms with Crippen molar-refractivity contribution in [3.05, 3.63) is 0 Å². The number of hydrogen-bond acceptors (Lipinski definition) is 2. The SMILES string of the molecule is CCCC(C)CC(O)C(C)C=O. The summed E-state index contributed by atoms with van der Waals surface area (Å²) in [6, 6.07) is 0. The predicted octanol–water partition coefficient (Wildman–Crippen LogP) is 2.01. The van der Waals surface area contributed by atoms with Crippen LogP contribution in [0.25, 0.3) is 0 Å². The normalized spacial score (nSPS) is 18.3. The molecule has 1 N–H and O–H groups in total. The van der Waals surface area contributed by atoms with Gasteiger partial charge in [0.2, 0.25) is 0 Å². The van der Waals surface area contributed by atoms with Crippen molar-refractivity contribution in [3.8, 4) is 0 Å². The fourth-order valence-corrected chi connectivity index (χ4v) is 1.33. The molecule has 0 heterocycles. The lowest BCUT2D eigenvalue weighted by Gasteiger charge is -2.17. The highest BCUT2D eigenvalue weighted by Crippen LogP contribution is 2.16. The van der Waals surface area contributed by atoms with Gasteiger partial charge in [-0.25, -0.2) is 0 Å². The predicted molar refractivity (Wildman–Crippen MR) is 49.9 cm³/mol. The standard InChI is InChI=1S/C10H20O2/c1-4-5-8(2)6-10(12)9(3)7-11/h7-10,12H,4-6H2,1-3H3. The van der Waals surface area contributed by atoms with Crippen molar-refractivity contribution in [1.29, 1.82) is 0 Å². The summed E-state index contributed by atoms with van der Waals surface area (Å²) in [6.45, 7) is 6.01. The van der Waals surface area contributed by atoms with Crippen molar-refractivity contribution >= 4 is 6.29 Å². The Labute approximate surface area is 75.0 Å². The largest absolute Gasteiger partial charge is 0.392 e. The average molecular weight is 172 g/mol. The maximum atomic E-state index is 10.3. The lowest BCUT2D eigenvalue weighted by molar-refractivity contribution is -0.113. The monoisotopic (exact) mass is 172 g/mol. The Hall–Kier alpha value is -0.370. The molecule has 0 spiro atoms. The zero-order chi connectivity index (χ0) is 9.56. The molecule has 0 radical (unpaired) electrons. The van der Waals surface area contributed by atoms with E-state index in [1.165, 1.54) is 0 Å².